The van der Waals surface area contributed by atoms with Crippen LogP contribution in [0.2, 0.25) is 5.02 Å². The van der Waals surface area contributed by atoms with Crippen molar-refractivity contribution in [1.82, 2.24) is 24.6 Å². The zero-order valence-electron chi connectivity index (χ0n) is 17.1. The molecule has 1 aliphatic heterocycles. The van der Waals surface area contributed by atoms with Gasteiger partial charge in [0.2, 0.25) is 17.9 Å². The number of likely N-dealkylation sites (tertiary alicyclic amines) is 1. The average Bonchev–Trinajstić information content (AvgIpc) is 3.04. The number of halogens is 2. The van der Waals surface area contributed by atoms with Gasteiger partial charge in [0.25, 0.3) is 0 Å². The number of alkyl halides is 1. The molecule has 3 heterocycles. The summed E-state index contributed by atoms with van der Waals surface area (Å²) in [7, 11) is 1.98. The highest BCUT2D eigenvalue weighted by Gasteiger charge is 2.36. The van der Waals surface area contributed by atoms with Crippen LogP contribution >= 0.6 is 11.6 Å². The third-order valence-electron chi connectivity index (χ3n) is 5.87. The summed E-state index contributed by atoms with van der Waals surface area (Å²) < 4.78 is 22.5. The molecule has 0 radical (unpaired) electrons. The van der Waals surface area contributed by atoms with E-state index in [2.05, 4.69) is 30.1 Å². The standard InChI is InChI=1S/C20H25ClFN7O/c1-13-17(11-29(27-13)15-8-14(9-15)23-2)25-19-24-10-16(21)18(26-19)30-12-20(22)4-6-28(3)7-5-20/h10-11,14-15H,4-9,12H2,1,3H3,(H,24,25,26). The fourth-order valence-electron chi connectivity index (χ4n) is 3.67. The Balaban J connectivity index is 1.41. The number of aromatic nitrogens is 4. The third kappa shape index (κ3) is 4.50. The molecule has 0 bridgehead atoms. The molecule has 2 aromatic rings. The molecule has 2 aromatic heterocycles. The lowest BCUT2D eigenvalue weighted by molar-refractivity contribution is 0.0230. The van der Waals surface area contributed by atoms with E-state index in [9.17, 15) is 4.39 Å². The van der Waals surface area contributed by atoms with Crippen LogP contribution in [0.25, 0.3) is 4.85 Å². The van der Waals surface area contributed by atoms with Gasteiger partial charge in [-0.25, -0.2) is 15.9 Å². The molecule has 8 nitrogen and oxygen atoms in total. The second-order valence-electron chi connectivity index (χ2n) is 8.23. The number of ether oxygens (including phenoxy) is 1. The minimum absolute atomic E-state index is 0.0854. The van der Waals surface area contributed by atoms with Crippen molar-refractivity contribution in [1.29, 1.82) is 0 Å². The topological polar surface area (TPSA) is 72.5 Å². The summed E-state index contributed by atoms with van der Waals surface area (Å²) in [5.41, 5.74) is 0.195. The van der Waals surface area contributed by atoms with Crippen LogP contribution in [0.4, 0.5) is 16.0 Å². The van der Waals surface area contributed by atoms with Crippen LogP contribution in [-0.4, -0.2) is 63.1 Å². The monoisotopic (exact) mass is 433 g/mol. The van der Waals surface area contributed by atoms with Crippen LogP contribution in [0, 0.1) is 13.5 Å². The number of anilines is 2. The Kier molecular flexibility index (Phi) is 5.80. The van der Waals surface area contributed by atoms with Crippen molar-refractivity contribution in [2.75, 3.05) is 32.1 Å². The Morgan fingerprint density at radius 2 is 2.13 bits per heavy atom. The number of hydrogen-bond donors (Lipinski definition) is 1. The zero-order chi connectivity index (χ0) is 21.3. The van der Waals surface area contributed by atoms with Crippen LogP contribution in [0.5, 0.6) is 5.88 Å². The molecule has 2 aliphatic rings. The fourth-order valence-corrected chi connectivity index (χ4v) is 3.81. The molecule has 10 heteroatoms. The molecule has 160 valence electrons. The van der Waals surface area contributed by atoms with Crippen LogP contribution in [-0.2, 0) is 0 Å². The highest BCUT2D eigenvalue weighted by molar-refractivity contribution is 6.31. The van der Waals surface area contributed by atoms with Gasteiger partial charge in [-0.05, 0) is 26.8 Å². The molecule has 0 unspecified atom stereocenters. The Morgan fingerprint density at radius 3 is 2.83 bits per heavy atom. The second-order valence-corrected chi connectivity index (χ2v) is 8.64. The first-order valence-corrected chi connectivity index (χ1v) is 10.5. The van der Waals surface area contributed by atoms with E-state index < -0.39 is 5.67 Å². The van der Waals surface area contributed by atoms with Crippen molar-refractivity contribution >= 4 is 23.2 Å². The number of nitrogens with zero attached hydrogens (tertiary/aromatic N) is 6. The zero-order valence-corrected chi connectivity index (χ0v) is 17.9. The number of rotatable bonds is 6. The van der Waals surface area contributed by atoms with Gasteiger partial charge in [0.05, 0.1) is 23.6 Å². The lowest BCUT2D eigenvalue weighted by atomic mass is 9.88. The number of piperidine rings is 1. The van der Waals surface area contributed by atoms with Gasteiger partial charge in [-0.15, -0.1) is 0 Å². The Hall–Kier alpha value is -2.44. The molecule has 0 amide bonds. The summed E-state index contributed by atoms with van der Waals surface area (Å²) in [6.45, 7) is 10.3. The van der Waals surface area contributed by atoms with Gasteiger partial charge in [-0.2, -0.15) is 10.1 Å². The molecular formula is C20H25ClFN7O. The van der Waals surface area contributed by atoms with Crippen LogP contribution in [0.1, 0.15) is 37.4 Å². The fraction of sp³-hybridized carbons (Fsp3) is 0.600. The highest BCUT2D eigenvalue weighted by Crippen LogP contribution is 2.35. The van der Waals surface area contributed by atoms with Gasteiger partial charge in [0.15, 0.2) is 0 Å². The Labute approximate surface area is 180 Å². The third-order valence-corrected chi connectivity index (χ3v) is 6.13. The van der Waals surface area contributed by atoms with Gasteiger partial charge < -0.3 is 19.8 Å². The number of hydrogen-bond acceptors (Lipinski definition) is 6. The molecule has 2 fully saturated rings. The van der Waals surface area contributed by atoms with Crippen molar-refractivity contribution in [2.24, 2.45) is 0 Å². The maximum Gasteiger partial charge on any atom is 0.237 e. The SMILES string of the molecule is [C-]#[N+]C1CC(n2cc(Nc3ncc(Cl)c(OCC4(F)CCN(C)CC4)n3)c(C)n2)C1. The predicted molar refractivity (Wildman–Crippen MR) is 112 cm³/mol. The van der Waals surface area contributed by atoms with E-state index in [1.54, 1.807) is 0 Å². The minimum Gasteiger partial charge on any atom is -0.473 e. The summed E-state index contributed by atoms with van der Waals surface area (Å²) in [4.78, 5) is 14.2. The van der Waals surface area contributed by atoms with Gasteiger partial charge >= 0.3 is 0 Å². The Bertz CT molecular complexity index is 945. The summed E-state index contributed by atoms with van der Waals surface area (Å²) in [6.07, 6.45) is 5.82. The van der Waals surface area contributed by atoms with E-state index in [1.807, 2.05) is 24.9 Å². The first kappa shape index (κ1) is 20.8. The van der Waals surface area contributed by atoms with Crippen molar-refractivity contribution in [2.45, 2.75) is 50.4 Å². The minimum atomic E-state index is -1.38. The molecule has 0 atom stereocenters. The summed E-state index contributed by atoms with van der Waals surface area (Å²) in [5, 5.41) is 7.91. The number of nitrogens with one attached hydrogen (secondary N) is 1. The first-order valence-electron chi connectivity index (χ1n) is 10.1. The van der Waals surface area contributed by atoms with Crippen molar-refractivity contribution in [3.8, 4) is 5.88 Å². The molecule has 1 N–H and O–H groups in total. The largest absolute Gasteiger partial charge is 0.473 e. The average molecular weight is 434 g/mol. The molecular weight excluding hydrogens is 409 g/mol. The highest BCUT2D eigenvalue weighted by atomic mass is 35.5. The van der Waals surface area contributed by atoms with E-state index in [0.717, 1.165) is 24.2 Å². The maximum absolute atomic E-state index is 15.0. The van der Waals surface area contributed by atoms with E-state index in [-0.39, 0.29) is 29.6 Å². The van der Waals surface area contributed by atoms with Crippen LogP contribution < -0.4 is 10.1 Å². The summed E-state index contributed by atoms with van der Waals surface area (Å²) in [6, 6.07) is 0.345. The first-order chi connectivity index (χ1) is 14.3. The number of aryl methyl sites for hydroxylation is 1. The van der Waals surface area contributed by atoms with Gasteiger partial charge in [0.1, 0.15) is 17.3 Å². The smallest absolute Gasteiger partial charge is 0.237 e. The van der Waals surface area contributed by atoms with Gasteiger partial charge in [-0.3, -0.25) is 4.68 Å². The van der Waals surface area contributed by atoms with Gasteiger partial charge in [-0.1, -0.05) is 11.6 Å². The van der Waals surface area contributed by atoms with Gasteiger partial charge in [0, 0.05) is 32.1 Å². The van der Waals surface area contributed by atoms with Crippen molar-refractivity contribution in [3.63, 3.8) is 0 Å². The summed E-state index contributed by atoms with van der Waals surface area (Å²) >= 11 is 6.17. The Morgan fingerprint density at radius 1 is 1.40 bits per heavy atom. The quantitative estimate of drug-likeness (QED) is 0.698. The molecule has 0 spiro atoms. The lowest BCUT2D eigenvalue weighted by Gasteiger charge is -2.34. The predicted octanol–water partition coefficient (Wildman–Crippen LogP) is 3.81. The lowest BCUT2D eigenvalue weighted by Crippen LogP contribution is -2.43. The summed E-state index contributed by atoms with van der Waals surface area (Å²) in [5.74, 6) is 0.468. The molecule has 30 heavy (non-hydrogen) atoms. The maximum atomic E-state index is 15.0. The van der Waals surface area contributed by atoms with E-state index in [0.29, 0.717) is 31.9 Å². The molecule has 4 rings (SSSR count). The van der Waals surface area contributed by atoms with Crippen LogP contribution in [0.3, 0.4) is 0 Å². The van der Waals surface area contributed by atoms with Crippen molar-refractivity contribution in [3.05, 3.63) is 34.5 Å². The normalized spacial score (nSPS) is 23.4. The van der Waals surface area contributed by atoms with E-state index in [4.69, 9.17) is 22.9 Å². The van der Waals surface area contributed by atoms with Crippen molar-refractivity contribution < 1.29 is 9.13 Å². The van der Waals surface area contributed by atoms with E-state index >= 15 is 0 Å². The molecule has 1 aliphatic carbocycles. The molecule has 1 saturated carbocycles. The van der Waals surface area contributed by atoms with E-state index in [1.165, 1.54) is 6.20 Å². The molecule has 0 aromatic carbocycles. The second kappa shape index (κ2) is 8.36. The van der Waals surface area contributed by atoms with Crippen LogP contribution in [0.15, 0.2) is 12.4 Å². The molecule has 1 saturated heterocycles.